The number of aromatic nitrogens is 3. The Morgan fingerprint density at radius 3 is 2.42 bits per heavy atom. The number of anilines is 1. The first-order valence-corrected chi connectivity index (χ1v) is 11.5. The Balaban J connectivity index is 1.34. The van der Waals surface area contributed by atoms with Gasteiger partial charge in [0.25, 0.3) is 0 Å². The van der Waals surface area contributed by atoms with Crippen LogP contribution in [0.25, 0.3) is 5.65 Å². The predicted octanol–water partition coefficient (Wildman–Crippen LogP) is 5.14. The van der Waals surface area contributed by atoms with Gasteiger partial charge < -0.3 is 4.90 Å². The summed E-state index contributed by atoms with van der Waals surface area (Å²) in [5, 5.41) is 8.38. The lowest BCUT2D eigenvalue weighted by molar-refractivity contribution is -0.137. The molecule has 5 rings (SSSR count). The SMILES string of the molecule is FSc1ccc(N2CCN(Cc3cc(C(F)(F)F)cn4c(CC5CC5)nnc34)CC2)c(F)c1. The van der Waals surface area contributed by atoms with Gasteiger partial charge in [-0.25, -0.2) is 4.39 Å². The lowest BCUT2D eigenvalue weighted by Crippen LogP contribution is -2.46. The third kappa shape index (κ3) is 4.79. The summed E-state index contributed by atoms with van der Waals surface area (Å²) in [6.07, 6.45) is -0.602. The second kappa shape index (κ2) is 8.75. The maximum atomic E-state index is 14.3. The summed E-state index contributed by atoms with van der Waals surface area (Å²) in [7, 11) is 0. The van der Waals surface area contributed by atoms with Crippen LogP contribution in [0.1, 0.15) is 29.8 Å². The van der Waals surface area contributed by atoms with Crippen molar-refractivity contribution >= 4 is 23.5 Å². The quantitative estimate of drug-likeness (QED) is 0.454. The molecule has 0 amide bonds. The van der Waals surface area contributed by atoms with Crippen LogP contribution in [0.15, 0.2) is 35.4 Å². The van der Waals surface area contributed by atoms with Gasteiger partial charge in [0.2, 0.25) is 0 Å². The second-order valence-corrected chi connectivity index (χ2v) is 9.29. The molecular weight excluding hydrogens is 461 g/mol. The summed E-state index contributed by atoms with van der Waals surface area (Å²) < 4.78 is 69.2. The number of halogens is 5. The molecule has 33 heavy (non-hydrogen) atoms. The normalized spacial score (nSPS) is 17.8. The predicted molar refractivity (Wildman–Crippen MR) is 115 cm³/mol. The van der Waals surface area contributed by atoms with Gasteiger partial charge in [0.15, 0.2) is 5.65 Å². The van der Waals surface area contributed by atoms with Crippen LogP contribution in [0.5, 0.6) is 0 Å². The van der Waals surface area contributed by atoms with Crippen LogP contribution in [0.4, 0.5) is 27.1 Å². The summed E-state index contributed by atoms with van der Waals surface area (Å²) >= 11 is -0.00802. The van der Waals surface area contributed by atoms with Crippen molar-refractivity contribution in [3.05, 3.63) is 53.2 Å². The largest absolute Gasteiger partial charge is 0.417 e. The summed E-state index contributed by atoms with van der Waals surface area (Å²) in [6, 6.07) is 5.40. The number of fused-ring (bicyclic) bond motifs is 1. The van der Waals surface area contributed by atoms with Gasteiger partial charge in [-0.2, -0.15) is 17.1 Å². The van der Waals surface area contributed by atoms with Crippen LogP contribution < -0.4 is 4.90 Å². The molecular formula is C22H22F5N5S. The molecule has 1 aliphatic heterocycles. The van der Waals surface area contributed by atoms with E-state index in [0.717, 1.165) is 31.2 Å². The minimum Gasteiger partial charge on any atom is -0.367 e. The number of benzene rings is 1. The van der Waals surface area contributed by atoms with Crippen LogP contribution in [-0.4, -0.2) is 45.7 Å². The number of hydrogen-bond donors (Lipinski definition) is 0. The zero-order valence-corrected chi connectivity index (χ0v) is 18.5. The second-order valence-electron chi connectivity index (χ2n) is 8.66. The fraction of sp³-hybridized carbons (Fsp3) is 0.455. The van der Waals surface area contributed by atoms with Crippen molar-refractivity contribution in [2.24, 2.45) is 5.92 Å². The van der Waals surface area contributed by atoms with Crippen molar-refractivity contribution in [1.82, 2.24) is 19.5 Å². The Bertz CT molecular complexity index is 1150. The monoisotopic (exact) mass is 483 g/mol. The molecule has 1 aromatic carbocycles. The topological polar surface area (TPSA) is 36.7 Å². The van der Waals surface area contributed by atoms with E-state index in [1.54, 1.807) is 6.07 Å². The van der Waals surface area contributed by atoms with Crippen LogP contribution in [0.2, 0.25) is 0 Å². The van der Waals surface area contributed by atoms with E-state index in [9.17, 15) is 21.4 Å². The minimum atomic E-state index is -4.47. The molecule has 5 nitrogen and oxygen atoms in total. The molecule has 1 saturated heterocycles. The number of nitrogens with zero attached hydrogens (tertiary/aromatic N) is 5. The van der Waals surface area contributed by atoms with Crippen molar-refractivity contribution in [3.8, 4) is 0 Å². The summed E-state index contributed by atoms with van der Waals surface area (Å²) in [4.78, 5) is 4.11. The Hall–Kier alpha value is -2.40. The fourth-order valence-electron chi connectivity index (χ4n) is 4.28. The van der Waals surface area contributed by atoms with E-state index >= 15 is 0 Å². The van der Waals surface area contributed by atoms with Gasteiger partial charge in [0, 0.05) is 55.8 Å². The van der Waals surface area contributed by atoms with Crippen LogP contribution in [0.3, 0.4) is 0 Å². The van der Waals surface area contributed by atoms with Gasteiger partial charge in [-0.05, 0) is 43.0 Å². The molecule has 0 atom stereocenters. The highest BCUT2D eigenvalue weighted by Gasteiger charge is 2.33. The Morgan fingerprint density at radius 1 is 1.03 bits per heavy atom. The molecule has 0 radical (unpaired) electrons. The number of rotatable bonds is 6. The van der Waals surface area contributed by atoms with Crippen LogP contribution >= 0.6 is 12.1 Å². The number of piperazine rings is 1. The zero-order chi connectivity index (χ0) is 23.2. The Kier molecular flexibility index (Phi) is 5.94. The minimum absolute atomic E-state index is 0.00802. The standard InChI is InChI=1S/C22H22F5N5S/c23-18-11-17(33-27)3-4-19(18)31-7-5-30(6-8-31)12-15-10-16(22(24,25)26)13-32-20(9-14-1-2-14)28-29-21(15)32/h3-4,10-11,13-14H,1-2,5-9,12H2. The van der Waals surface area contributed by atoms with Gasteiger partial charge in [0.1, 0.15) is 11.6 Å². The molecule has 2 fully saturated rings. The highest BCUT2D eigenvalue weighted by atomic mass is 32.2. The van der Waals surface area contributed by atoms with E-state index in [4.69, 9.17) is 0 Å². The van der Waals surface area contributed by atoms with Crippen molar-refractivity contribution in [1.29, 1.82) is 0 Å². The summed E-state index contributed by atoms with van der Waals surface area (Å²) in [5.41, 5.74) is 0.610. The molecule has 3 heterocycles. The molecule has 176 valence electrons. The fourth-order valence-corrected chi connectivity index (χ4v) is 4.54. The first-order chi connectivity index (χ1) is 15.8. The third-order valence-corrected chi connectivity index (χ3v) is 6.69. The Labute approximate surface area is 191 Å². The number of alkyl halides is 3. The molecule has 11 heteroatoms. The molecule has 0 bridgehead atoms. The van der Waals surface area contributed by atoms with Gasteiger partial charge in [-0.15, -0.1) is 10.2 Å². The van der Waals surface area contributed by atoms with E-state index in [0.29, 0.717) is 67.8 Å². The molecule has 0 N–H and O–H groups in total. The molecule has 0 spiro atoms. The lowest BCUT2D eigenvalue weighted by atomic mass is 10.1. The highest BCUT2D eigenvalue weighted by Crippen LogP contribution is 2.34. The van der Waals surface area contributed by atoms with E-state index in [1.165, 1.54) is 10.5 Å². The molecule has 2 aliphatic rings. The van der Waals surface area contributed by atoms with Gasteiger partial charge >= 0.3 is 6.18 Å². The van der Waals surface area contributed by atoms with Crippen molar-refractivity contribution in [3.63, 3.8) is 0 Å². The summed E-state index contributed by atoms with van der Waals surface area (Å²) in [6.45, 7) is 2.40. The van der Waals surface area contributed by atoms with Crippen molar-refractivity contribution in [2.75, 3.05) is 31.1 Å². The van der Waals surface area contributed by atoms with E-state index < -0.39 is 17.6 Å². The van der Waals surface area contributed by atoms with Crippen molar-refractivity contribution in [2.45, 2.75) is 36.9 Å². The highest BCUT2D eigenvalue weighted by molar-refractivity contribution is 7.94. The smallest absolute Gasteiger partial charge is 0.367 e. The van der Waals surface area contributed by atoms with E-state index in [-0.39, 0.29) is 17.0 Å². The molecule has 1 aliphatic carbocycles. The average molecular weight is 484 g/mol. The van der Waals surface area contributed by atoms with Gasteiger partial charge in [0.05, 0.1) is 23.4 Å². The number of pyridine rings is 1. The maximum absolute atomic E-state index is 14.3. The lowest BCUT2D eigenvalue weighted by Gasteiger charge is -2.36. The van der Waals surface area contributed by atoms with Crippen molar-refractivity contribution < 1.29 is 21.4 Å². The van der Waals surface area contributed by atoms with Gasteiger partial charge in [-0.3, -0.25) is 9.30 Å². The average Bonchev–Trinajstić information content (AvgIpc) is 3.52. The molecule has 0 unspecified atom stereocenters. The maximum Gasteiger partial charge on any atom is 0.417 e. The molecule has 1 saturated carbocycles. The number of hydrogen-bond acceptors (Lipinski definition) is 5. The first-order valence-electron chi connectivity index (χ1n) is 10.8. The zero-order valence-electron chi connectivity index (χ0n) is 17.7. The summed E-state index contributed by atoms with van der Waals surface area (Å²) in [5.74, 6) is 0.550. The molecule has 3 aromatic rings. The van der Waals surface area contributed by atoms with Gasteiger partial charge in [-0.1, -0.05) is 0 Å². The van der Waals surface area contributed by atoms with Crippen LogP contribution in [-0.2, 0) is 19.1 Å². The molecule has 2 aromatic heterocycles. The third-order valence-electron chi connectivity index (χ3n) is 6.26. The van der Waals surface area contributed by atoms with E-state index in [1.807, 2.05) is 9.80 Å². The van der Waals surface area contributed by atoms with Crippen LogP contribution in [0, 0.1) is 11.7 Å². The first kappa shape index (κ1) is 22.4. The Morgan fingerprint density at radius 2 is 1.79 bits per heavy atom. The van der Waals surface area contributed by atoms with E-state index in [2.05, 4.69) is 10.2 Å².